The number of aromatic nitrogens is 3. The lowest BCUT2D eigenvalue weighted by atomic mass is 9.97. The highest BCUT2D eigenvalue weighted by atomic mass is 32.1. The predicted molar refractivity (Wildman–Crippen MR) is 115 cm³/mol. The van der Waals surface area contributed by atoms with Crippen LogP contribution in [0.15, 0.2) is 27.9 Å². The van der Waals surface area contributed by atoms with Gasteiger partial charge in [-0.3, -0.25) is 19.3 Å². The molecule has 1 aliphatic carbocycles. The topological polar surface area (TPSA) is 102 Å². The fraction of sp³-hybridized carbons (Fsp3) is 0.429. The molecule has 0 atom stereocenters. The van der Waals surface area contributed by atoms with Crippen molar-refractivity contribution in [3.63, 3.8) is 0 Å². The largest absolute Gasteiger partial charge is 0.336 e. The van der Waals surface area contributed by atoms with E-state index in [0.717, 1.165) is 29.5 Å². The molecule has 9 heteroatoms. The van der Waals surface area contributed by atoms with Crippen LogP contribution >= 0.6 is 11.3 Å². The third kappa shape index (κ3) is 3.48. The van der Waals surface area contributed by atoms with Crippen LogP contribution in [-0.4, -0.2) is 56.8 Å². The summed E-state index contributed by atoms with van der Waals surface area (Å²) in [5.41, 5.74) is 0.971. The maximum Gasteiger partial charge on any atom is 0.260 e. The molecule has 3 aromatic rings. The van der Waals surface area contributed by atoms with Gasteiger partial charge in [0.2, 0.25) is 0 Å². The van der Waals surface area contributed by atoms with Crippen LogP contribution in [-0.2, 0) is 19.4 Å². The number of carbonyl (C=O) groups is 1. The van der Waals surface area contributed by atoms with Crippen LogP contribution in [0.25, 0.3) is 10.2 Å². The lowest BCUT2D eigenvalue weighted by Crippen LogP contribution is -2.49. The van der Waals surface area contributed by atoms with Gasteiger partial charge in [-0.25, -0.2) is 4.98 Å². The van der Waals surface area contributed by atoms with Crippen LogP contribution in [0.1, 0.15) is 39.5 Å². The number of H-pyrrole nitrogens is 2. The van der Waals surface area contributed by atoms with E-state index in [-0.39, 0.29) is 22.6 Å². The molecule has 156 valence electrons. The number of thiophene rings is 1. The molecule has 1 fully saturated rings. The first kappa shape index (κ1) is 19.2. The van der Waals surface area contributed by atoms with Gasteiger partial charge in [0.05, 0.1) is 11.9 Å². The Kier molecular flexibility index (Phi) is 5.00. The van der Waals surface area contributed by atoms with Crippen molar-refractivity contribution in [1.29, 1.82) is 0 Å². The summed E-state index contributed by atoms with van der Waals surface area (Å²) in [6.07, 6.45) is 5.86. The second kappa shape index (κ2) is 7.81. The number of amides is 1. The van der Waals surface area contributed by atoms with Crippen molar-refractivity contribution < 1.29 is 4.79 Å². The summed E-state index contributed by atoms with van der Waals surface area (Å²) in [6, 6.07) is 3.21. The van der Waals surface area contributed by atoms with Crippen molar-refractivity contribution in [1.82, 2.24) is 24.8 Å². The summed E-state index contributed by atoms with van der Waals surface area (Å²) in [4.78, 5) is 53.5. The Bertz CT molecular complexity index is 1220. The van der Waals surface area contributed by atoms with Gasteiger partial charge in [-0.2, -0.15) is 0 Å². The van der Waals surface area contributed by atoms with E-state index < -0.39 is 0 Å². The van der Waals surface area contributed by atoms with E-state index in [2.05, 4.69) is 14.9 Å². The first-order valence-corrected chi connectivity index (χ1v) is 11.1. The van der Waals surface area contributed by atoms with Crippen LogP contribution in [0.4, 0.5) is 0 Å². The zero-order valence-electron chi connectivity index (χ0n) is 16.6. The second-order valence-corrected chi connectivity index (χ2v) is 8.97. The molecule has 0 saturated carbocycles. The third-order valence-electron chi connectivity index (χ3n) is 5.96. The summed E-state index contributed by atoms with van der Waals surface area (Å²) in [5, 5.41) is 0.780. The van der Waals surface area contributed by atoms with E-state index in [1.807, 2.05) is 0 Å². The first-order chi connectivity index (χ1) is 14.6. The van der Waals surface area contributed by atoms with Gasteiger partial charge in [0.25, 0.3) is 17.0 Å². The Balaban J connectivity index is 1.28. The van der Waals surface area contributed by atoms with Gasteiger partial charge in [-0.1, -0.05) is 0 Å². The average molecular weight is 426 g/mol. The van der Waals surface area contributed by atoms with E-state index in [0.29, 0.717) is 38.5 Å². The number of nitrogens with zero attached hydrogens (tertiary/aromatic N) is 3. The zero-order valence-corrected chi connectivity index (χ0v) is 17.4. The molecule has 3 aromatic heterocycles. The monoisotopic (exact) mass is 425 g/mol. The molecule has 4 heterocycles. The highest BCUT2D eigenvalue weighted by molar-refractivity contribution is 7.18. The molecule has 2 aliphatic rings. The zero-order chi connectivity index (χ0) is 20.7. The molecule has 0 radical (unpaired) electrons. The molecule has 30 heavy (non-hydrogen) atoms. The van der Waals surface area contributed by atoms with Crippen LogP contribution in [0.2, 0.25) is 0 Å². The minimum atomic E-state index is -0.362. The summed E-state index contributed by atoms with van der Waals surface area (Å²) in [6.45, 7) is 2.94. The number of piperazine rings is 1. The smallest absolute Gasteiger partial charge is 0.260 e. The van der Waals surface area contributed by atoms with Crippen molar-refractivity contribution in [2.75, 3.05) is 26.2 Å². The van der Waals surface area contributed by atoms with E-state index in [4.69, 9.17) is 4.98 Å². The number of fused-ring (bicyclic) bond motifs is 3. The molecular formula is C21H23N5O3S. The predicted octanol–water partition coefficient (Wildman–Crippen LogP) is 1.51. The van der Waals surface area contributed by atoms with E-state index in [1.165, 1.54) is 23.1 Å². The highest BCUT2D eigenvalue weighted by Gasteiger charge is 2.25. The number of aromatic amines is 2. The first-order valence-electron chi connectivity index (χ1n) is 10.3. The van der Waals surface area contributed by atoms with Crippen LogP contribution < -0.4 is 11.1 Å². The van der Waals surface area contributed by atoms with Gasteiger partial charge in [0, 0.05) is 37.3 Å². The standard InChI is InChI=1S/C21H23N5O3S/c27-18-14(5-3-7-22-18)21(29)26-10-8-25(9-11-26)12-16-23-19(28)17-13-4-1-2-6-15(13)30-20(17)24-16/h3,5,7H,1-2,4,6,8-12H2,(H,22,27)(H,23,24,28). The maximum absolute atomic E-state index is 12.7. The number of carbonyl (C=O) groups excluding carboxylic acids is 1. The Hall–Kier alpha value is -2.78. The molecule has 5 rings (SSSR count). The van der Waals surface area contributed by atoms with Gasteiger partial charge in [0.15, 0.2) is 0 Å². The van der Waals surface area contributed by atoms with Crippen molar-refractivity contribution >= 4 is 27.5 Å². The summed E-state index contributed by atoms with van der Waals surface area (Å²) < 4.78 is 0. The fourth-order valence-corrected chi connectivity index (χ4v) is 5.65. The molecule has 0 aromatic carbocycles. The fourth-order valence-electron chi connectivity index (χ4n) is 4.36. The number of hydrogen-bond acceptors (Lipinski definition) is 6. The Morgan fingerprint density at radius 3 is 2.70 bits per heavy atom. The minimum Gasteiger partial charge on any atom is -0.336 e. The van der Waals surface area contributed by atoms with E-state index in [1.54, 1.807) is 28.4 Å². The highest BCUT2D eigenvalue weighted by Crippen LogP contribution is 2.33. The molecule has 0 unspecified atom stereocenters. The van der Waals surface area contributed by atoms with Gasteiger partial charge in [-0.15, -0.1) is 11.3 Å². The summed E-state index contributed by atoms with van der Waals surface area (Å²) in [7, 11) is 0. The van der Waals surface area contributed by atoms with Gasteiger partial charge in [-0.05, 0) is 43.4 Å². The summed E-state index contributed by atoms with van der Waals surface area (Å²) >= 11 is 1.66. The number of pyridine rings is 1. The third-order valence-corrected chi connectivity index (χ3v) is 7.14. The molecule has 8 nitrogen and oxygen atoms in total. The lowest BCUT2D eigenvalue weighted by molar-refractivity contribution is 0.0623. The average Bonchev–Trinajstić information content (AvgIpc) is 3.13. The molecule has 0 spiro atoms. The van der Waals surface area contributed by atoms with Crippen LogP contribution in [0.3, 0.4) is 0 Å². The van der Waals surface area contributed by atoms with E-state index >= 15 is 0 Å². The normalized spacial score (nSPS) is 17.3. The van der Waals surface area contributed by atoms with Crippen molar-refractivity contribution in [2.24, 2.45) is 0 Å². The van der Waals surface area contributed by atoms with Crippen LogP contribution in [0, 0.1) is 0 Å². The van der Waals surface area contributed by atoms with Gasteiger partial charge in [0.1, 0.15) is 16.2 Å². The van der Waals surface area contributed by atoms with Crippen molar-refractivity contribution in [2.45, 2.75) is 32.2 Å². The number of nitrogens with one attached hydrogen (secondary N) is 2. The maximum atomic E-state index is 12.7. The molecule has 1 saturated heterocycles. The molecule has 1 amide bonds. The number of aryl methyl sites for hydroxylation is 2. The van der Waals surface area contributed by atoms with E-state index in [9.17, 15) is 14.4 Å². The molecular weight excluding hydrogens is 402 g/mol. The number of rotatable bonds is 3. The number of hydrogen-bond donors (Lipinski definition) is 2. The van der Waals surface area contributed by atoms with Gasteiger partial charge >= 0.3 is 0 Å². The van der Waals surface area contributed by atoms with Crippen molar-refractivity contribution in [3.8, 4) is 0 Å². The Morgan fingerprint density at radius 2 is 1.90 bits per heavy atom. The quantitative estimate of drug-likeness (QED) is 0.662. The lowest BCUT2D eigenvalue weighted by Gasteiger charge is -2.34. The van der Waals surface area contributed by atoms with Gasteiger partial charge < -0.3 is 14.9 Å². The molecule has 2 N–H and O–H groups in total. The van der Waals surface area contributed by atoms with Crippen LogP contribution in [0.5, 0.6) is 0 Å². The Labute approximate surface area is 176 Å². The second-order valence-electron chi connectivity index (χ2n) is 7.88. The Morgan fingerprint density at radius 1 is 1.10 bits per heavy atom. The molecule has 1 aliphatic heterocycles. The molecule has 0 bridgehead atoms. The van der Waals surface area contributed by atoms with Crippen molar-refractivity contribution in [3.05, 3.63) is 60.9 Å². The minimum absolute atomic E-state index is 0.0356. The SMILES string of the molecule is O=C(c1ccc[nH]c1=O)N1CCN(Cc2nc3sc4c(c3c(=O)[nH]2)CCCC4)CC1. The summed E-state index contributed by atoms with van der Waals surface area (Å²) in [5.74, 6) is 0.430.